The van der Waals surface area contributed by atoms with Crippen LogP contribution in [0.15, 0.2) is 5.38 Å². The molecule has 0 spiro atoms. The minimum atomic E-state index is -1.26. The van der Waals surface area contributed by atoms with Crippen LogP contribution in [0.1, 0.15) is 0 Å². The first kappa shape index (κ1) is 9.33. The van der Waals surface area contributed by atoms with Crippen LogP contribution < -0.4 is 10.5 Å². The van der Waals surface area contributed by atoms with Crippen molar-refractivity contribution in [2.45, 2.75) is 0 Å². The maximum Gasteiger partial charge on any atom is 0.389 e. The molecule has 0 saturated carbocycles. The number of ether oxygens (including phenoxy) is 1. The molecule has 68 valence electrons. The number of aldehydes is 1. The molecule has 1 aromatic heterocycles. The van der Waals surface area contributed by atoms with Gasteiger partial charge < -0.3 is 10.5 Å². The van der Waals surface area contributed by atoms with Gasteiger partial charge >= 0.3 is 11.8 Å². The average Bonchev–Trinajstić information content (AvgIpc) is 2.49. The molecule has 7 heteroatoms. The molecule has 0 fully saturated rings. The Hall–Kier alpha value is -1.76. The van der Waals surface area contributed by atoms with Gasteiger partial charge in [0, 0.05) is 0 Å². The van der Waals surface area contributed by atoms with Crippen molar-refractivity contribution in [3.8, 4) is 5.88 Å². The molecule has 1 heterocycles. The van der Waals surface area contributed by atoms with E-state index in [1.54, 1.807) is 0 Å². The SMILES string of the molecule is Nc1nc(OC(=O)C(=O)C=O)cs1. The van der Waals surface area contributed by atoms with Gasteiger partial charge in [-0.05, 0) is 0 Å². The Morgan fingerprint density at radius 3 is 2.77 bits per heavy atom. The Balaban J connectivity index is 2.64. The Morgan fingerprint density at radius 2 is 2.31 bits per heavy atom. The summed E-state index contributed by atoms with van der Waals surface area (Å²) in [5.41, 5.74) is 5.22. The zero-order valence-corrected chi connectivity index (χ0v) is 7.04. The lowest BCUT2D eigenvalue weighted by Gasteiger charge is -1.93. The van der Waals surface area contributed by atoms with Crippen molar-refractivity contribution in [3.63, 3.8) is 0 Å². The van der Waals surface area contributed by atoms with Gasteiger partial charge in [-0.25, -0.2) is 4.79 Å². The molecule has 13 heavy (non-hydrogen) atoms. The Morgan fingerprint density at radius 1 is 1.62 bits per heavy atom. The van der Waals surface area contributed by atoms with E-state index in [2.05, 4.69) is 9.72 Å². The Labute approximate surface area is 76.3 Å². The number of Topliss-reactive ketones (excluding diaryl/α,β-unsaturated/α-hetero) is 1. The summed E-state index contributed by atoms with van der Waals surface area (Å²) in [5.74, 6) is -2.60. The summed E-state index contributed by atoms with van der Waals surface area (Å²) >= 11 is 1.06. The van der Waals surface area contributed by atoms with Gasteiger partial charge in [0.1, 0.15) is 0 Å². The number of carbonyl (C=O) groups is 3. The highest BCUT2D eigenvalue weighted by Crippen LogP contribution is 2.17. The first-order chi connectivity index (χ1) is 6.13. The van der Waals surface area contributed by atoms with E-state index in [0.717, 1.165) is 11.3 Å². The van der Waals surface area contributed by atoms with Gasteiger partial charge in [-0.15, -0.1) is 11.3 Å². The van der Waals surface area contributed by atoms with Crippen LogP contribution in [0.5, 0.6) is 5.88 Å². The van der Waals surface area contributed by atoms with Crippen molar-refractivity contribution in [2.24, 2.45) is 0 Å². The lowest BCUT2D eigenvalue weighted by molar-refractivity contribution is -0.148. The quantitative estimate of drug-likeness (QED) is 0.302. The van der Waals surface area contributed by atoms with Crippen LogP contribution in [0.2, 0.25) is 0 Å². The second-order valence-corrected chi connectivity index (χ2v) is 2.79. The number of nitrogens with two attached hydrogens (primary N) is 1. The molecule has 0 aromatic carbocycles. The fourth-order valence-corrected chi connectivity index (χ4v) is 0.977. The van der Waals surface area contributed by atoms with Crippen molar-refractivity contribution in [2.75, 3.05) is 5.73 Å². The van der Waals surface area contributed by atoms with E-state index in [1.807, 2.05) is 0 Å². The van der Waals surface area contributed by atoms with E-state index in [-0.39, 0.29) is 17.3 Å². The lowest BCUT2D eigenvalue weighted by atomic mass is 10.4. The van der Waals surface area contributed by atoms with E-state index in [0.29, 0.717) is 0 Å². The number of ketones is 1. The summed E-state index contributed by atoms with van der Waals surface area (Å²) in [6.45, 7) is 0. The van der Waals surface area contributed by atoms with Crippen molar-refractivity contribution >= 4 is 34.5 Å². The topological polar surface area (TPSA) is 99.3 Å². The van der Waals surface area contributed by atoms with Crippen LogP contribution in [-0.4, -0.2) is 23.0 Å². The Bertz CT molecular complexity index is 359. The molecule has 1 rings (SSSR count). The number of thiazole rings is 1. The van der Waals surface area contributed by atoms with Crippen LogP contribution >= 0.6 is 11.3 Å². The minimum Gasteiger partial charge on any atom is -0.400 e. The third kappa shape index (κ3) is 2.34. The number of anilines is 1. The first-order valence-corrected chi connectivity index (χ1v) is 3.93. The normalized spacial score (nSPS) is 9.23. The number of rotatable bonds is 3. The molecule has 0 unspecified atom stereocenters. The van der Waals surface area contributed by atoms with Crippen LogP contribution in [0.25, 0.3) is 0 Å². The molecule has 0 saturated heterocycles. The van der Waals surface area contributed by atoms with Crippen LogP contribution in [0.4, 0.5) is 5.13 Å². The molecule has 0 aliphatic carbocycles. The van der Waals surface area contributed by atoms with Crippen LogP contribution in [-0.2, 0) is 14.4 Å². The van der Waals surface area contributed by atoms with Crippen LogP contribution in [0.3, 0.4) is 0 Å². The predicted molar refractivity (Wildman–Crippen MR) is 43.2 cm³/mol. The standard InChI is InChI=1S/C6H4N2O4S/c7-6-8-4(2-13-6)12-5(11)3(10)1-9/h1-2H,(H2,7,8). The number of nitrogen functional groups attached to an aromatic ring is 1. The zero-order valence-electron chi connectivity index (χ0n) is 6.22. The van der Waals surface area contributed by atoms with Gasteiger partial charge in [0.15, 0.2) is 11.4 Å². The molecule has 0 aliphatic heterocycles. The molecule has 0 radical (unpaired) electrons. The number of hydrogen-bond donors (Lipinski definition) is 1. The first-order valence-electron chi connectivity index (χ1n) is 3.06. The number of nitrogens with zero attached hydrogens (tertiary/aromatic N) is 1. The van der Waals surface area contributed by atoms with Crippen molar-refractivity contribution < 1.29 is 19.1 Å². The predicted octanol–water partition coefficient (Wildman–Crippen LogP) is -0.601. The molecule has 0 bridgehead atoms. The molecule has 0 amide bonds. The summed E-state index contributed by atoms with van der Waals surface area (Å²) in [5, 5.41) is 1.56. The summed E-state index contributed by atoms with van der Waals surface area (Å²) in [4.78, 5) is 34.5. The van der Waals surface area contributed by atoms with E-state index in [9.17, 15) is 14.4 Å². The summed E-state index contributed by atoms with van der Waals surface area (Å²) < 4.78 is 4.39. The highest BCUT2D eigenvalue weighted by molar-refractivity contribution is 7.13. The fraction of sp³-hybridized carbons (Fsp3) is 0. The van der Waals surface area contributed by atoms with Gasteiger partial charge in [-0.2, -0.15) is 4.98 Å². The summed E-state index contributed by atoms with van der Waals surface area (Å²) in [6.07, 6.45) is -0.127. The molecule has 1 aromatic rings. The van der Waals surface area contributed by atoms with Gasteiger partial charge in [0.25, 0.3) is 0 Å². The molecular weight excluding hydrogens is 196 g/mol. The molecule has 6 nitrogen and oxygen atoms in total. The Kier molecular flexibility index (Phi) is 2.70. The summed E-state index contributed by atoms with van der Waals surface area (Å²) in [6, 6.07) is 0. The lowest BCUT2D eigenvalue weighted by Crippen LogP contribution is -2.21. The van der Waals surface area contributed by atoms with Gasteiger partial charge in [0.2, 0.25) is 5.88 Å². The van der Waals surface area contributed by atoms with Gasteiger partial charge in [-0.3, -0.25) is 9.59 Å². The smallest absolute Gasteiger partial charge is 0.389 e. The van der Waals surface area contributed by atoms with E-state index in [1.165, 1.54) is 5.38 Å². The second kappa shape index (κ2) is 3.76. The summed E-state index contributed by atoms with van der Waals surface area (Å²) in [7, 11) is 0. The number of aromatic nitrogens is 1. The van der Waals surface area contributed by atoms with E-state index >= 15 is 0 Å². The number of hydrogen-bond acceptors (Lipinski definition) is 7. The third-order valence-corrected chi connectivity index (χ3v) is 1.66. The maximum atomic E-state index is 10.7. The highest BCUT2D eigenvalue weighted by Gasteiger charge is 2.16. The van der Waals surface area contributed by atoms with Gasteiger partial charge in [-0.1, -0.05) is 0 Å². The number of esters is 1. The van der Waals surface area contributed by atoms with Crippen molar-refractivity contribution in [1.82, 2.24) is 4.98 Å². The number of carbonyl (C=O) groups excluding carboxylic acids is 3. The van der Waals surface area contributed by atoms with E-state index in [4.69, 9.17) is 5.73 Å². The second-order valence-electron chi connectivity index (χ2n) is 1.90. The molecule has 0 atom stereocenters. The maximum absolute atomic E-state index is 10.7. The average molecular weight is 200 g/mol. The van der Waals surface area contributed by atoms with Crippen molar-refractivity contribution in [1.29, 1.82) is 0 Å². The van der Waals surface area contributed by atoms with E-state index < -0.39 is 11.8 Å². The fourth-order valence-electron chi connectivity index (χ4n) is 0.512. The van der Waals surface area contributed by atoms with Crippen LogP contribution in [0, 0.1) is 0 Å². The van der Waals surface area contributed by atoms with Crippen molar-refractivity contribution in [3.05, 3.63) is 5.38 Å². The highest BCUT2D eigenvalue weighted by atomic mass is 32.1. The monoisotopic (exact) mass is 200 g/mol. The molecular formula is C6H4N2O4S. The molecule has 2 N–H and O–H groups in total. The molecule has 0 aliphatic rings. The third-order valence-electron chi connectivity index (χ3n) is 1.01. The largest absolute Gasteiger partial charge is 0.400 e. The minimum absolute atomic E-state index is 0.0808. The van der Waals surface area contributed by atoms with Gasteiger partial charge in [0.05, 0.1) is 5.38 Å². The zero-order chi connectivity index (χ0) is 9.84.